The van der Waals surface area contributed by atoms with Crippen molar-refractivity contribution in [3.63, 3.8) is 0 Å². The van der Waals surface area contributed by atoms with Crippen LogP contribution in [-0.4, -0.2) is 56.3 Å². The van der Waals surface area contributed by atoms with E-state index in [0.29, 0.717) is 11.6 Å². The van der Waals surface area contributed by atoms with E-state index in [1.54, 1.807) is 0 Å². The zero-order valence-corrected chi connectivity index (χ0v) is 23.1. The average molecular weight is 532 g/mol. The first-order valence-corrected chi connectivity index (χ1v) is 14.7. The molecule has 2 atom stereocenters. The number of rotatable bonds is 6. The number of nitrogens with zero attached hydrogens (tertiary/aromatic N) is 3. The van der Waals surface area contributed by atoms with Crippen LogP contribution in [0.1, 0.15) is 71.2 Å². The highest BCUT2D eigenvalue weighted by Gasteiger charge is 2.39. The summed E-state index contributed by atoms with van der Waals surface area (Å²) in [6.07, 6.45) is 11.3. The number of piperidine rings is 1. The second kappa shape index (κ2) is 10.6. The Hall–Kier alpha value is -3.90. The summed E-state index contributed by atoms with van der Waals surface area (Å²) in [5.74, 6) is 0.709. The van der Waals surface area contributed by atoms with Gasteiger partial charge in [0.2, 0.25) is 0 Å². The molecule has 0 radical (unpaired) electrons. The van der Waals surface area contributed by atoms with Gasteiger partial charge < -0.3 is 19.8 Å². The number of hydrogen-bond acceptors (Lipinski definition) is 3. The van der Waals surface area contributed by atoms with Gasteiger partial charge in [-0.1, -0.05) is 36.4 Å². The van der Waals surface area contributed by atoms with Crippen LogP contribution in [0.5, 0.6) is 0 Å². The molecule has 0 bridgehead atoms. The maximum atomic E-state index is 14.1. The summed E-state index contributed by atoms with van der Waals surface area (Å²) in [5.41, 5.74) is 6.73. The summed E-state index contributed by atoms with van der Waals surface area (Å²) >= 11 is 0. The number of benzene rings is 2. The number of H-pyrrole nitrogens is 2. The molecule has 3 aromatic heterocycles. The van der Waals surface area contributed by atoms with E-state index in [1.165, 1.54) is 34.9 Å². The Bertz CT molecular complexity index is 1630. The summed E-state index contributed by atoms with van der Waals surface area (Å²) in [6, 6.07) is 21.3. The van der Waals surface area contributed by atoms with Crippen molar-refractivity contribution in [2.75, 3.05) is 19.6 Å². The number of pyridine rings is 1. The molecule has 2 fully saturated rings. The van der Waals surface area contributed by atoms with E-state index in [-0.39, 0.29) is 18.0 Å². The number of aromatic nitrogens is 3. The zero-order chi connectivity index (χ0) is 27.1. The van der Waals surface area contributed by atoms with Crippen LogP contribution in [0.3, 0.4) is 0 Å². The van der Waals surface area contributed by atoms with Crippen molar-refractivity contribution in [3.8, 4) is 0 Å². The van der Waals surface area contributed by atoms with Gasteiger partial charge in [-0.3, -0.25) is 9.78 Å². The number of likely N-dealkylation sites (tertiary alicyclic amines) is 2. The van der Waals surface area contributed by atoms with Crippen LogP contribution < -0.4 is 0 Å². The highest BCUT2D eigenvalue weighted by atomic mass is 16.2. The lowest BCUT2D eigenvalue weighted by atomic mass is 9.89. The van der Waals surface area contributed by atoms with Crippen LogP contribution in [-0.2, 0) is 0 Å². The lowest BCUT2D eigenvalue weighted by Crippen LogP contribution is -2.41. The molecular weight excluding hydrogens is 494 g/mol. The number of aromatic amines is 2. The predicted molar refractivity (Wildman–Crippen MR) is 161 cm³/mol. The summed E-state index contributed by atoms with van der Waals surface area (Å²) in [6.45, 7) is 5.33. The molecule has 0 saturated carbocycles. The van der Waals surface area contributed by atoms with Gasteiger partial charge in [-0.05, 0) is 99.0 Å². The Morgan fingerprint density at radius 1 is 0.975 bits per heavy atom. The predicted octanol–water partition coefficient (Wildman–Crippen LogP) is 6.97. The number of fused-ring (bicyclic) bond motifs is 2. The Labute approximate surface area is 235 Å². The van der Waals surface area contributed by atoms with Gasteiger partial charge in [0.15, 0.2) is 0 Å². The first-order valence-electron chi connectivity index (χ1n) is 14.7. The fourth-order valence-corrected chi connectivity index (χ4v) is 7.10. The monoisotopic (exact) mass is 531 g/mol. The quantitative estimate of drug-likeness (QED) is 0.249. The fraction of sp³-hybridized carbons (Fsp3) is 0.353. The molecule has 1 amide bonds. The maximum absolute atomic E-state index is 14.1. The van der Waals surface area contributed by atoms with Crippen molar-refractivity contribution < 1.29 is 4.79 Å². The van der Waals surface area contributed by atoms with Crippen molar-refractivity contribution >= 4 is 27.7 Å². The van der Waals surface area contributed by atoms with E-state index in [4.69, 9.17) is 0 Å². The first-order chi connectivity index (χ1) is 19.6. The molecule has 2 aliphatic rings. The summed E-state index contributed by atoms with van der Waals surface area (Å²) < 4.78 is 0. The molecule has 2 saturated heterocycles. The van der Waals surface area contributed by atoms with Gasteiger partial charge in [-0.2, -0.15) is 0 Å². The summed E-state index contributed by atoms with van der Waals surface area (Å²) in [4.78, 5) is 30.1. The molecule has 6 heteroatoms. The third-order valence-corrected chi connectivity index (χ3v) is 9.24. The van der Waals surface area contributed by atoms with Gasteiger partial charge in [0.05, 0.1) is 6.04 Å². The average Bonchev–Trinajstić information content (AvgIpc) is 3.73. The number of hydrogen-bond donors (Lipinski definition) is 2. The van der Waals surface area contributed by atoms with Crippen molar-refractivity contribution in [1.82, 2.24) is 24.8 Å². The molecule has 5 heterocycles. The first kappa shape index (κ1) is 25.1. The molecule has 6 nitrogen and oxygen atoms in total. The molecule has 0 spiro atoms. The molecule has 0 unspecified atom stereocenters. The number of amides is 1. The molecule has 7 rings (SSSR count). The van der Waals surface area contributed by atoms with Crippen molar-refractivity contribution in [1.29, 1.82) is 0 Å². The van der Waals surface area contributed by atoms with Gasteiger partial charge in [0.1, 0.15) is 5.69 Å². The van der Waals surface area contributed by atoms with E-state index in [9.17, 15) is 4.79 Å². The largest absolute Gasteiger partial charge is 0.361 e. The van der Waals surface area contributed by atoms with Gasteiger partial charge in [0, 0.05) is 53.0 Å². The smallest absolute Gasteiger partial charge is 0.271 e. The van der Waals surface area contributed by atoms with Crippen molar-refractivity contribution in [3.05, 3.63) is 102 Å². The Balaban J connectivity index is 1.06. The minimum absolute atomic E-state index is 0.0620. The van der Waals surface area contributed by atoms with E-state index in [1.807, 2.05) is 24.5 Å². The third-order valence-electron chi connectivity index (χ3n) is 9.24. The van der Waals surface area contributed by atoms with Crippen molar-refractivity contribution in [2.45, 2.75) is 57.0 Å². The van der Waals surface area contributed by atoms with Crippen molar-refractivity contribution in [2.24, 2.45) is 0 Å². The van der Waals surface area contributed by atoms with Crippen LogP contribution in [0.15, 0.2) is 79.3 Å². The number of carbonyl (C=O) groups is 1. The highest BCUT2D eigenvalue weighted by molar-refractivity contribution is 5.98. The standard InChI is InChI=1S/C34H37N5O/c1-23-8-9-25-20-32(37-31(25)19-23)34(40)39-27(10-11-33(39)26-5-4-15-35-21-26)14-18-38-16-12-24(13-17-38)29-22-36-30-7-3-2-6-28(29)30/h2-9,15,19-22,24,27,33,36-37H,10-14,16-18H2,1H3/t27-,33+/m0/s1. The topological polar surface area (TPSA) is 68.0 Å². The molecule has 40 heavy (non-hydrogen) atoms. The fourth-order valence-electron chi connectivity index (χ4n) is 7.10. The number of nitrogens with one attached hydrogen (secondary N) is 2. The second-order valence-corrected chi connectivity index (χ2v) is 11.7. The zero-order valence-electron chi connectivity index (χ0n) is 23.1. The summed E-state index contributed by atoms with van der Waals surface area (Å²) in [5, 5.41) is 2.45. The Morgan fingerprint density at radius 3 is 2.70 bits per heavy atom. The van der Waals surface area contributed by atoms with Crippen LogP contribution >= 0.6 is 0 Å². The highest BCUT2D eigenvalue weighted by Crippen LogP contribution is 2.39. The van der Waals surface area contributed by atoms with Gasteiger partial charge in [-0.15, -0.1) is 0 Å². The third kappa shape index (κ3) is 4.71. The van der Waals surface area contributed by atoms with E-state index in [0.717, 1.165) is 55.4 Å². The van der Waals surface area contributed by atoms with Gasteiger partial charge >= 0.3 is 0 Å². The lowest BCUT2D eigenvalue weighted by Gasteiger charge is -2.35. The van der Waals surface area contributed by atoms with Crippen LogP contribution in [0, 0.1) is 6.92 Å². The molecule has 5 aromatic rings. The maximum Gasteiger partial charge on any atom is 0.271 e. The lowest BCUT2D eigenvalue weighted by molar-refractivity contribution is 0.0637. The van der Waals surface area contributed by atoms with Crippen LogP contribution in [0.4, 0.5) is 0 Å². The second-order valence-electron chi connectivity index (χ2n) is 11.7. The number of carbonyl (C=O) groups excluding carboxylic acids is 1. The van der Waals surface area contributed by atoms with E-state index >= 15 is 0 Å². The van der Waals surface area contributed by atoms with Crippen LogP contribution in [0.2, 0.25) is 0 Å². The minimum Gasteiger partial charge on any atom is -0.361 e. The number of para-hydroxylation sites is 1. The SMILES string of the molecule is Cc1ccc2cc(C(=O)N3[C@H](CCN4CCC(c5c[nH]c6ccccc56)CC4)CC[C@@H]3c3cccnc3)[nH]c2c1. The van der Waals surface area contributed by atoms with Gasteiger partial charge in [-0.25, -0.2) is 0 Å². The Kier molecular flexibility index (Phi) is 6.64. The molecule has 204 valence electrons. The molecule has 2 aliphatic heterocycles. The molecule has 0 aliphatic carbocycles. The molecule has 2 N–H and O–H groups in total. The van der Waals surface area contributed by atoms with Crippen LogP contribution in [0.25, 0.3) is 21.8 Å². The van der Waals surface area contributed by atoms with E-state index in [2.05, 4.69) is 86.4 Å². The Morgan fingerprint density at radius 2 is 1.85 bits per heavy atom. The minimum atomic E-state index is 0.0620. The number of aryl methyl sites for hydroxylation is 1. The molecule has 2 aromatic carbocycles. The van der Waals surface area contributed by atoms with E-state index < -0.39 is 0 Å². The normalized spacial score (nSPS) is 20.6. The molecular formula is C34H37N5O. The van der Waals surface area contributed by atoms with Gasteiger partial charge in [0.25, 0.3) is 5.91 Å². The summed E-state index contributed by atoms with van der Waals surface area (Å²) in [7, 11) is 0.